The van der Waals surface area contributed by atoms with E-state index in [1.807, 2.05) is 91.0 Å². The Labute approximate surface area is 157 Å². The van der Waals surface area contributed by atoms with Gasteiger partial charge >= 0.3 is 0 Å². The topological polar surface area (TPSA) is 17.1 Å². The van der Waals surface area contributed by atoms with Crippen LogP contribution in [-0.2, 0) is 25.9 Å². The zero-order valence-electron chi connectivity index (χ0n) is 13.1. The number of hydrogen-bond acceptors (Lipinski definition) is 1. The van der Waals surface area contributed by atoms with Crippen molar-refractivity contribution in [2.75, 3.05) is 0 Å². The van der Waals surface area contributed by atoms with Crippen LogP contribution in [0.5, 0.6) is 0 Å². The van der Waals surface area contributed by atoms with Crippen LogP contribution in [0.15, 0.2) is 96.6 Å². The van der Waals surface area contributed by atoms with Gasteiger partial charge in [0, 0.05) is 21.1 Å². The van der Waals surface area contributed by atoms with Gasteiger partial charge in [0.1, 0.15) is 0 Å². The van der Waals surface area contributed by atoms with Crippen molar-refractivity contribution in [1.29, 1.82) is 0 Å². The van der Waals surface area contributed by atoms with Gasteiger partial charge in [0.15, 0.2) is 5.78 Å². The van der Waals surface area contributed by atoms with Gasteiger partial charge in [-0.1, -0.05) is 97.1 Å². The second kappa shape index (κ2) is 9.15. The summed E-state index contributed by atoms with van der Waals surface area (Å²) in [4.78, 5) is 12.6. The van der Waals surface area contributed by atoms with Crippen LogP contribution in [0.4, 0.5) is 0 Å². The van der Waals surface area contributed by atoms with E-state index in [1.165, 1.54) is 0 Å². The predicted molar refractivity (Wildman–Crippen MR) is 96.7 cm³/mol. The van der Waals surface area contributed by atoms with Gasteiger partial charge in [0.2, 0.25) is 0 Å². The number of rotatable bonds is 4. The van der Waals surface area contributed by atoms with Crippen LogP contribution in [0, 0.1) is 5.92 Å². The normalized spacial score (nSPS) is 17.8. The van der Waals surface area contributed by atoms with E-state index in [0.29, 0.717) is 0 Å². The maximum Gasteiger partial charge on any atom is 0.166 e. The summed E-state index contributed by atoms with van der Waals surface area (Å²) >= 11 is 0. The van der Waals surface area contributed by atoms with Crippen molar-refractivity contribution in [1.82, 2.24) is 0 Å². The Morgan fingerprint density at radius 1 is 0.833 bits per heavy atom. The standard InChI is InChI=1S/C22H18O.Pt/c23-22(16-15-18-9-3-1-4-10-18)21-14-8-7-13-20(21)17-19-11-5-2-6-12-19;/h1-17,21H;. The smallest absolute Gasteiger partial charge is 0.166 e. The number of hydrogen-bond donors (Lipinski definition) is 0. The molecule has 2 aromatic rings. The number of carbonyl (C=O) groups is 1. The third-order valence-electron chi connectivity index (χ3n) is 3.74. The SMILES string of the molecule is O=C(C=Cc1ccccc1)C1C=CC=CC1=Cc1ccccc1.[Pt]. The fourth-order valence-electron chi connectivity index (χ4n) is 2.54. The Morgan fingerprint density at radius 2 is 1.46 bits per heavy atom. The van der Waals surface area contributed by atoms with Gasteiger partial charge in [-0.25, -0.2) is 0 Å². The van der Waals surface area contributed by atoms with Crippen LogP contribution in [0.2, 0.25) is 0 Å². The van der Waals surface area contributed by atoms with E-state index in [2.05, 4.69) is 6.08 Å². The van der Waals surface area contributed by atoms with E-state index in [9.17, 15) is 4.79 Å². The number of allylic oxidation sites excluding steroid dienone is 6. The summed E-state index contributed by atoms with van der Waals surface area (Å²) < 4.78 is 0. The number of benzene rings is 2. The predicted octanol–water partition coefficient (Wildman–Crippen LogP) is 5.09. The summed E-state index contributed by atoms with van der Waals surface area (Å²) in [5.74, 6) is -0.128. The number of carbonyl (C=O) groups excluding carboxylic acids is 1. The van der Waals surface area contributed by atoms with Crippen LogP contribution < -0.4 is 0 Å². The molecular formula is C22H18OPt. The summed E-state index contributed by atoms with van der Waals surface area (Å²) in [5, 5.41) is 0. The summed E-state index contributed by atoms with van der Waals surface area (Å²) in [7, 11) is 0. The summed E-state index contributed by atoms with van der Waals surface area (Å²) in [6, 6.07) is 20.0. The van der Waals surface area contributed by atoms with Crippen LogP contribution in [-0.4, -0.2) is 5.78 Å². The molecule has 0 aromatic heterocycles. The van der Waals surface area contributed by atoms with Gasteiger partial charge in [-0.3, -0.25) is 4.79 Å². The molecular weight excluding hydrogens is 475 g/mol. The van der Waals surface area contributed by atoms with Crippen molar-refractivity contribution in [2.45, 2.75) is 0 Å². The third-order valence-corrected chi connectivity index (χ3v) is 3.74. The molecule has 1 unspecified atom stereocenters. The molecule has 1 atom stereocenters. The summed E-state index contributed by atoms with van der Waals surface area (Å²) in [6.45, 7) is 0. The molecule has 0 bridgehead atoms. The minimum Gasteiger partial charge on any atom is -0.294 e. The van der Waals surface area contributed by atoms with Gasteiger partial charge < -0.3 is 0 Å². The fraction of sp³-hybridized carbons (Fsp3) is 0.0455. The average Bonchev–Trinajstić information content (AvgIpc) is 2.62. The van der Waals surface area contributed by atoms with Crippen LogP contribution in [0.1, 0.15) is 11.1 Å². The molecule has 2 heteroatoms. The molecule has 0 spiro atoms. The van der Waals surface area contributed by atoms with Crippen molar-refractivity contribution in [3.63, 3.8) is 0 Å². The van der Waals surface area contributed by atoms with Crippen LogP contribution in [0.3, 0.4) is 0 Å². The Kier molecular flexibility index (Phi) is 6.90. The quantitative estimate of drug-likeness (QED) is 0.543. The average molecular weight is 493 g/mol. The molecule has 0 heterocycles. The van der Waals surface area contributed by atoms with Gasteiger partial charge in [0.25, 0.3) is 0 Å². The van der Waals surface area contributed by atoms with Crippen molar-refractivity contribution < 1.29 is 25.9 Å². The molecule has 2 aromatic carbocycles. The molecule has 0 amide bonds. The van der Waals surface area contributed by atoms with Crippen LogP contribution in [0.25, 0.3) is 12.2 Å². The minimum absolute atomic E-state index is 0. The molecule has 1 aliphatic rings. The molecule has 0 N–H and O–H groups in total. The maximum absolute atomic E-state index is 12.6. The minimum atomic E-state index is -0.222. The van der Waals surface area contributed by atoms with E-state index >= 15 is 0 Å². The summed E-state index contributed by atoms with van der Waals surface area (Å²) in [6.07, 6.45) is 13.5. The molecule has 0 saturated carbocycles. The first-order valence-corrected chi connectivity index (χ1v) is 7.71. The van der Waals surface area contributed by atoms with E-state index in [1.54, 1.807) is 6.08 Å². The maximum atomic E-state index is 12.6. The molecule has 0 saturated heterocycles. The number of ketones is 1. The summed E-state index contributed by atoms with van der Waals surface area (Å²) in [5.41, 5.74) is 3.15. The van der Waals surface area contributed by atoms with Crippen molar-refractivity contribution in [3.8, 4) is 0 Å². The first-order chi connectivity index (χ1) is 11.3. The van der Waals surface area contributed by atoms with E-state index in [4.69, 9.17) is 0 Å². The van der Waals surface area contributed by atoms with Crippen molar-refractivity contribution >= 4 is 17.9 Å². The van der Waals surface area contributed by atoms with Gasteiger partial charge in [-0.15, -0.1) is 0 Å². The molecule has 122 valence electrons. The molecule has 0 aliphatic heterocycles. The largest absolute Gasteiger partial charge is 0.294 e. The Balaban J connectivity index is 0.00000208. The molecule has 3 rings (SSSR count). The third kappa shape index (κ3) is 4.88. The van der Waals surface area contributed by atoms with Crippen molar-refractivity contribution in [2.24, 2.45) is 5.92 Å². The van der Waals surface area contributed by atoms with Gasteiger partial charge in [-0.2, -0.15) is 0 Å². The van der Waals surface area contributed by atoms with E-state index < -0.39 is 0 Å². The fourth-order valence-corrected chi connectivity index (χ4v) is 2.54. The first kappa shape index (κ1) is 18.1. The van der Waals surface area contributed by atoms with E-state index in [-0.39, 0.29) is 32.8 Å². The zero-order chi connectivity index (χ0) is 15.9. The molecule has 24 heavy (non-hydrogen) atoms. The van der Waals surface area contributed by atoms with E-state index in [0.717, 1.165) is 16.7 Å². The van der Waals surface area contributed by atoms with Gasteiger partial charge in [-0.05, 0) is 22.8 Å². The second-order valence-electron chi connectivity index (χ2n) is 5.42. The molecule has 1 aliphatic carbocycles. The van der Waals surface area contributed by atoms with Crippen molar-refractivity contribution in [3.05, 3.63) is 108 Å². The van der Waals surface area contributed by atoms with Crippen LogP contribution >= 0.6 is 0 Å². The first-order valence-electron chi connectivity index (χ1n) is 7.71. The second-order valence-corrected chi connectivity index (χ2v) is 5.42. The molecule has 1 nitrogen and oxygen atoms in total. The Bertz CT molecular complexity index is 783. The molecule has 0 radical (unpaired) electrons. The monoisotopic (exact) mass is 493 g/mol. The van der Waals surface area contributed by atoms with Gasteiger partial charge in [0.05, 0.1) is 5.92 Å². The Hall–Kier alpha value is -2.24. The molecule has 0 fully saturated rings. The zero-order valence-corrected chi connectivity index (χ0v) is 15.4. The Morgan fingerprint density at radius 3 is 2.12 bits per heavy atom.